The van der Waals surface area contributed by atoms with E-state index < -0.39 is 0 Å². The van der Waals surface area contributed by atoms with Gasteiger partial charge in [0.05, 0.1) is 11.9 Å². The van der Waals surface area contributed by atoms with Gasteiger partial charge in [0.15, 0.2) is 0 Å². The van der Waals surface area contributed by atoms with Gasteiger partial charge in [-0.2, -0.15) is 0 Å². The summed E-state index contributed by atoms with van der Waals surface area (Å²) in [5.41, 5.74) is 1.74. The molecule has 4 aliphatic carbocycles. The van der Waals surface area contributed by atoms with E-state index in [9.17, 15) is 10.2 Å². The van der Waals surface area contributed by atoms with Crippen molar-refractivity contribution in [3.05, 3.63) is 47.7 Å². The molecule has 2 heteroatoms. The summed E-state index contributed by atoms with van der Waals surface area (Å²) < 4.78 is 0. The van der Waals surface area contributed by atoms with Gasteiger partial charge < -0.3 is 10.2 Å². The molecule has 1 aromatic rings. The van der Waals surface area contributed by atoms with Gasteiger partial charge in [-0.05, 0) is 98.5 Å². The van der Waals surface area contributed by atoms with E-state index in [2.05, 4.69) is 43.3 Å². The van der Waals surface area contributed by atoms with Gasteiger partial charge >= 0.3 is 0 Å². The standard InChI is InChI=1S/C25H34O2/c1-24-13-11-19(26)15-18(24)7-8-20-21(24)12-14-25(22(20)9-10-23(25)27)16-17-5-3-2-4-6-17/h2-6,10,18-22,26-27H,7-9,11-16H2,1H3/t18?,19?,20-,21+,22+,24+,25-/m1/s1. The normalized spacial score (nSPS) is 46.1. The SMILES string of the molecule is C[C@]12CCC(O)CC1CC[C@H]1[C@@H]3CC=C(O)[C@@]3(Cc3ccccc3)CC[C@@H]12. The summed E-state index contributed by atoms with van der Waals surface area (Å²) in [6, 6.07) is 10.8. The predicted molar refractivity (Wildman–Crippen MR) is 108 cm³/mol. The first-order chi connectivity index (χ1) is 13.0. The minimum atomic E-state index is -0.0717. The van der Waals surface area contributed by atoms with E-state index in [0.717, 1.165) is 43.9 Å². The van der Waals surface area contributed by atoms with E-state index in [1.54, 1.807) is 0 Å². The van der Waals surface area contributed by atoms with Crippen molar-refractivity contribution in [3.8, 4) is 0 Å². The molecule has 0 aromatic heterocycles. The van der Waals surface area contributed by atoms with Crippen LogP contribution in [0.2, 0.25) is 0 Å². The maximum absolute atomic E-state index is 11.0. The predicted octanol–water partition coefficient (Wildman–Crippen LogP) is 5.66. The lowest BCUT2D eigenvalue weighted by Gasteiger charge is -2.60. The Morgan fingerprint density at radius 1 is 1.00 bits per heavy atom. The molecule has 0 bridgehead atoms. The highest BCUT2D eigenvalue weighted by molar-refractivity contribution is 5.27. The van der Waals surface area contributed by atoms with Crippen molar-refractivity contribution in [1.82, 2.24) is 0 Å². The number of benzene rings is 1. The topological polar surface area (TPSA) is 40.5 Å². The molecule has 3 saturated carbocycles. The van der Waals surface area contributed by atoms with Gasteiger partial charge in [-0.25, -0.2) is 0 Å². The summed E-state index contributed by atoms with van der Waals surface area (Å²) >= 11 is 0. The van der Waals surface area contributed by atoms with Crippen molar-refractivity contribution in [3.63, 3.8) is 0 Å². The van der Waals surface area contributed by atoms with Crippen LogP contribution >= 0.6 is 0 Å². The number of hydrogen-bond donors (Lipinski definition) is 2. The molecule has 0 amide bonds. The first kappa shape index (κ1) is 17.8. The molecule has 0 aliphatic heterocycles. The summed E-state index contributed by atoms with van der Waals surface area (Å²) in [6.45, 7) is 2.53. The molecular weight excluding hydrogens is 332 g/mol. The maximum atomic E-state index is 11.0. The number of rotatable bonds is 2. The molecule has 0 saturated heterocycles. The fourth-order valence-corrected chi connectivity index (χ4v) is 7.88. The van der Waals surface area contributed by atoms with Crippen LogP contribution in [-0.2, 0) is 6.42 Å². The Balaban J connectivity index is 1.45. The van der Waals surface area contributed by atoms with Gasteiger partial charge in [0.1, 0.15) is 0 Å². The molecule has 0 heterocycles. The van der Waals surface area contributed by atoms with E-state index >= 15 is 0 Å². The number of allylic oxidation sites excluding steroid dienone is 2. The van der Waals surface area contributed by atoms with Crippen LogP contribution in [0.15, 0.2) is 42.2 Å². The fourth-order valence-electron chi connectivity index (χ4n) is 7.88. The third-order valence-electron chi connectivity index (χ3n) is 9.28. The molecule has 3 fully saturated rings. The average Bonchev–Trinajstić information content (AvgIpc) is 3.00. The van der Waals surface area contributed by atoms with Crippen LogP contribution in [0.3, 0.4) is 0 Å². The zero-order chi connectivity index (χ0) is 18.6. The molecule has 146 valence electrons. The summed E-state index contributed by atoms with van der Waals surface area (Å²) in [5, 5.41) is 21.2. The maximum Gasteiger partial charge on any atom is 0.0950 e. The van der Waals surface area contributed by atoms with Crippen LogP contribution in [0.5, 0.6) is 0 Å². The summed E-state index contributed by atoms with van der Waals surface area (Å²) in [4.78, 5) is 0. The van der Waals surface area contributed by atoms with Crippen molar-refractivity contribution in [2.45, 2.75) is 70.8 Å². The Morgan fingerprint density at radius 3 is 2.63 bits per heavy atom. The molecule has 27 heavy (non-hydrogen) atoms. The van der Waals surface area contributed by atoms with Crippen molar-refractivity contribution in [1.29, 1.82) is 0 Å². The molecular formula is C25H34O2. The van der Waals surface area contributed by atoms with Crippen molar-refractivity contribution in [2.75, 3.05) is 0 Å². The lowest BCUT2D eigenvalue weighted by molar-refractivity contribution is -0.124. The van der Waals surface area contributed by atoms with Gasteiger partial charge in [0, 0.05) is 5.41 Å². The van der Waals surface area contributed by atoms with Crippen LogP contribution in [0, 0.1) is 34.5 Å². The average molecular weight is 367 g/mol. The second-order valence-electron chi connectivity index (χ2n) is 10.3. The monoisotopic (exact) mass is 366 g/mol. The van der Waals surface area contributed by atoms with Gasteiger partial charge in [0.25, 0.3) is 0 Å². The third kappa shape index (κ3) is 2.63. The Morgan fingerprint density at radius 2 is 1.81 bits per heavy atom. The zero-order valence-electron chi connectivity index (χ0n) is 16.6. The van der Waals surface area contributed by atoms with E-state index in [0.29, 0.717) is 23.0 Å². The van der Waals surface area contributed by atoms with Crippen LogP contribution in [0.25, 0.3) is 0 Å². The van der Waals surface area contributed by atoms with Crippen LogP contribution in [0.1, 0.15) is 63.9 Å². The summed E-state index contributed by atoms with van der Waals surface area (Å²) in [5.74, 6) is 3.49. The molecule has 0 radical (unpaired) electrons. The smallest absolute Gasteiger partial charge is 0.0950 e. The number of fused-ring (bicyclic) bond motifs is 5. The van der Waals surface area contributed by atoms with Gasteiger partial charge in [-0.15, -0.1) is 0 Å². The van der Waals surface area contributed by atoms with E-state index in [1.165, 1.54) is 31.2 Å². The Hall–Kier alpha value is -1.28. The van der Waals surface area contributed by atoms with Crippen LogP contribution in [-0.4, -0.2) is 16.3 Å². The summed E-state index contributed by atoms with van der Waals surface area (Å²) in [6.07, 6.45) is 12.3. The van der Waals surface area contributed by atoms with Crippen LogP contribution < -0.4 is 0 Å². The first-order valence-electron chi connectivity index (χ1n) is 11.1. The number of aliphatic hydroxyl groups is 2. The number of aliphatic hydroxyl groups excluding tert-OH is 2. The molecule has 2 nitrogen and oxygen atoms in total. The first-order valence-corrected chi connectivity index (χ1v) is 11.1. The second kappa shape index (κ2) is 6.37. The Kier molecular flexibility index (Phi) is 4.20. The van der Waals surface area contributed by atoms with Crippen LogP contribution in [0.4, 0.5) is 0 Å². The second-order valence-corrected chi connectivity index (χ2v) is 10.3. The lowest BCUT2D eigenvalue weighted by atomic mass is 9.44. The summed E-state index contributed by atoms with van der Waals surface area (Å²) in [7, 11) is 0. The van der Waals surface area contributed by atoms with E-state index in [4.69, 9.17) is 0 Å². The lowest BCUT2D eigenvalue weighted by Crippen LogP contribution is -2.54. The van der Waals surface area contributed by atoms with Gasteiger partial charge in [0.2, 0.25) is 0 Å². The zero-order valence-corrected chi connectivity index (χ0v) is 16.6. The molecule has 7 atom stereocenters. The fraction of sp³-hybridized carbons (Fsp3) is 0.680. The van der Waals surface area contributed by atoms with Gasteiger partial charge in [-0.1, -0.05) is 37.3 Å². The largest absolute Gasteiger partial charge is 0.512 e. The van der Waals surface area contributed by atoms with E-state index in [1.807, 2.05) is 0 Å². The Bertz CT molecular complexity index is 725. The number of hydrogen-bond acceptors (Lipinski definition) is 2. The highest BCUT2D eigenvalue weighted by atomic mass is 16.3. The highest BCUT2D eigenvalue weighted by Crippen LogP contribution is 2.66. The molecule has 2 unspecified atom stereocenters. The van der Waals surface area contributed by atoms with Crippen molar-refractivity contribution >= 4 is 0 Å². The minimum Gasteiger partial charge on any atom is -0.512 e. The third-order valence-corrected chi connectivity index (χ3v) is 9.28. The quantitative estimate of drug-likeness (QED) is 0.708. The molecule has 1 aromatic carbocycles. The molecule has 0 spiro atoms. The molecule has 5 rings (SSSR count). The minimum absolute atomic E-state index is 0.0279. The highest BCUT2D eigenvalue weighted by Gasteiger charge is 2.60. The van der Waals surface area contributed by atoms with Crippen molar-refractivity contribution in [2.24, 2.45) is 34.5 Å². The Labute approximate surface area is 163 Å². The van der Waals surface area contributed by atoms with Gasteiger partial charge in [-0.3, -0.25) is 0 Å². The molecule has 4 aliphatic rings. The molecule has 2 N–H and O–H groups in total. The van der Waals surface area contributed by atoms with E-state index in [-0.39, 0.29) is 11.5 Å². The van der Waals surface area contributed by atoms with Crippen molar-refractivity contribution < 1.29 is 10.2 Å².